The van der Waals surface area contributed by atoms with Gasteiger partial charge in [-0.05, 0) is 30.9 Å². The Hall–Kier alpha value is -0.960. The molecule has 3 nitrogen and oxygen atoms in total. The van der Waals surface area contributed by atoms with Crippen molar-refractivity contribution in [2.45, 2.75) is 32.7 Å². The van der Waals surface area contributed by atoms with E-state index in [9.17, 15) is 0 Å². The first-order valence-electron chi connectivity index (χ1n) is 5.82. The van der Waals surface area contributed by atoms with Crippen molar-refractivity contribution < 1.29 is 0 Å². The predicted molar refractivity (Wildman–Crippen MR) is 60.2 cm³/mol. The van der Waals surface area contributed by atoms with E-state index >= 15 is 0 Å². The van der Waals surface area contributed by atoms with Crippen molar-refractivity contribution in [1.29, 1.82) is 0 Å². The maximum atomic E-state index is 4.19. The van der Waals surface area contributed by atoms with Gasteiger partial charge in [0.15, 0.2) is 0 Å². The lowest BCUT2D eigenvalue weighted by Crippen LogP contribution is -2.24. The summed E-state index contributed by atoms with van der Waals surface area (Å²) in [6, 6.07) is 1.96. The van der Waals surface area contributed by atoms with Gasteiger partial charge in [-0.15, -0.1) is 0 Å². The Balaban J connectivity index is 1.71. The molecule has 2 rings (SSSR count). The summed E-state index contributed by atoms with van der Waals surface area (Å²) in [5.41, 5.74) is 1.08. The Morgan fingerprint density at radius 3 is 3.07 bits per heavy atom. The Bertz CT molecular complexity index is 286. The Morgan fingerprint density at radius 2 is 2.40 bits per heavy atom. The molecule has 0 spiro atoms. The van der Waals surface area contributed by atoms with Crippen molar-refractivity contribution in [3.05, 3.63) is 24.3 Å². The fraction of sp³-hybridized carbons (Fsp3) is 0.667. The molecule has 1 aromatic rings. The first-order valence-corrected chi connectivity index (χ1v) is 5.82. The Morgan fingerprint density at radius 1 is 1.47 bits per heavy atom. The van der Waals surface area contributed by atoms with Crippen molar-refractivity contribution in [2.75, 3.05) is 6.54 Å². The van der Waals surface area contributed by atoms with E-state index in [1.165, 1.54) is 19.3 Å². The lowest BCUT2D eigenvalue weighted by Gasteiger charge is -2.15. The third-order valence-corrected chi connectivity index (χ3v) is 3.39. The van der Waals surface area contributed by atoms with Crippen LogP contribution in [0.3, 0.4) is 0 Å². The van der Waals surface area contributed by atoms with E-state index in [4.69, 9.17) is 0 Å². The van der Waals surface area contributed by atoms with E-state index in [1.807, 2.05) is 6.07 Å². The Labute approximate surface area is 91.3 Å². The molecule has 0 aromatic carbocycles. The molecule has 1 aliphatic rings. The molecule has 0 amide bonds. The van der Waals surface area contributed by atoms with Crippen LogP contribution in [0.4, 0.5) is 0 Å². The molecular formula is C12H19N3. The van der Waals surface area contributed by atoms with Crippen LogP contribution in [0.15, 0.2) is 18.6 Å². The van der Waals surface area contributed by atoms with E-state index in [-0.39, 0.29) is 0 Å². The zero-order valence-electron chi connectivity index (χ0n) is 9.32. The maximum absolute atomic E-state index is 4.19. The van der Waals surface area contributed by atoms with Gasteiger partial charge in [-0.1, -0.05) is 19.8 Å². The fourth-order valence-corrected chi connectivity index (χ4v) is 2.33. The minimum Gasteiger partial charge on any atom is -0.311 e. The summed E-state index contributed by atoms with van der Waals surface area (Å²) in [6.45, 7) is 4.36. The van der Waals surface area contributed by atoms with E-state index in [0.29, 0.717) is 0 Å². The zero-order chi connectivity index (χ0) is 10.5. The van der Waals surface area contributed by atoms with Gasteiger partial charge >= 0.3 is 0 Å². The van der Waals surface area contributed by atoms with Crippen LogP contribution < -0.4 is 5.32 Å². The topological polar surface area (TPSA) is 37.8 Å². The number of nitrogens with one attached hydrogen (secondary N) is 1. The van der Waals surface area contributed by atoms with E-state index in [2.05, 4.69) is 22.2 Å². The predicted octanol–water partition coefficient (Wildman–Crippen LogP) is 2.00. The quantitative estimate of drug-likeness (QED) is 0.817. The van der Waals surface area contributed by atoms with Crippen molar-refractivity contribution in [3.8, 4) is 0 Å². The lowest BCUT2D eigenvalue weighted by atomic mass is 9.98. The average Bonchev–Trinajstić information content (AvgIpc) is 2.66. The third kappa shape index (κ3) is 2.99. The smallest absolute Gasteiger partial charge is 0.115 e. The number of hydrogen-bond donors (Lipinski definition) is 1. The molecule has 3 heteroatoms. The van der Waals surface area contributed by atoms with Crippen LogP contribution in [-0.4, -0.2) is 16.5 Å². The fourth-order valence-electron chi connectivity index (χ4n) is 2.33. The summed E-state index contributed by atoms with van der Waals surface area (Å²) >= 11 is 0. The van der Waals surface area contributed by atoms with Crippen LogP contribution >= 0.6 is 0 Å². The SMILES string of the molecule is CC1CCCC1CNCc1ccncn1. The number of rotatable bonds is 4. The largest absolute Gasteiger partial charge is 0.311 e. The van der Waals surface area contributed by atoms with Crippen LogP contribution in [0, 0.1) is 11.8 Å². The minimum absolute atomic E-state index is 0.867. The highest BCUT2D eigenvalue weighted by Gasteiger charge is 2.22. The Kier molecular flexibility index (Phi) is 3.67. The molecule has 82 valence electrons. The standard InChI is InChI=1S/C12H19N3/c1-10-3-2-4-11(10)7-14-8-12-5-6-13-9-15-12/h5-6,9-11,14H,2-4,7-8H2,1H3. The molecule has 1 fully saturated rings. The highest BCUT2D eigenvalue weighted by Crippen LogP contribution is 2.30. The van der Waals surface area contributed by atoms with Crippen LogP contribution in [0.1, 0.15) is 31.9 Å². The molecule has 2 unspecified atom stereocenters. The van der Waals surface area contributed by atoms with Crippen molar-refractivity contribution >= 4 is 0 Å². The van der Waals surface area contributed by atoms with Gasteiger partial charge in [-0.3, -0.25) is 0 Å². The molecule has 0 radical (unpaired) electrons. The summed E-state index contributed by atoms with van der Waals surface area (Å²) in [6.07, 6.45) is 7.59. The highest BCUT2D eigenvalue weighted by atomic mass is 14.9. The lowest BCUT2D eigenvalue weighted by molar-refractivity contribution is 0.391. The van der Waals surface area contributed by atoms with Crippen molar-refractivity contribution in [2.24, 2.45) is 11.8 Å². The van der Waals surface area contributed by atoms with Crippen molar-refractivity contribution in [3.63, 3.8) is 0 Å². The molecule has 1 aromatic heterocycles. The van der Waals surface area contributed by atoms with Crippen LogP contribution in [0.5, 0.6) is 0 Å². The van der Waals surface area contributed by atoms with E-state index in [0.717, 1.165) is 30.6 Å². The monoisotopic (exact) mass is 205 g/mol. The summed E-state index contributed by atoms with van der Waals surface area (Å²) in [5, 5.41) is 3.48. The van der Waals surface area contributed by atoms with Crippen molar-refractivity contribution in [1.82, 2.24) is 15.3 Å². The maximum Gasteiger partial charge on any atom is 0.115 e. The van der Waals surface area contributed by atoms with Crippen LogP contribution in [0.25, 0.3) is 0 Å². The highest BCUT2D eigenvalue weighted by molar-refractivity contribution is 4.97. The number of hydrogen-bond acceptors (Lipinski definition) is 3. The van der Waals surface area contributed by atoms with E-state index in [1.54, 1.807) is 12.5 Å². The second kappa shape index (κ2) is 5.21. The molecule has 0 saturated heterocycles. The molecule has 1 saturated carbocycles. The molecule has 1 N–H and O–H groups in total. The molecule has 0 bridgehead atoms. The molecule has 2 atom stereocenters. The average molecular weight is 205 g/mol. The van der Waals surface area contributed by atoms with Gasteiger partial charge in [0.25, 0.3) is 0 Å². The van der Waals surface area contributed by atoms with Crippen LogP contribution in [-0.2, 0) is 6.54 Å². The zero-order valence-corrected chi connectivity index (χ0v) is 9.32. The second-order valence-corrected chi connectivity index (χ2v) is 4.50. The normalized spacial score (nSPS) is 25.7. The van der Waals surface area contributed by atoms with Gasteiger partial charge in [0.2, 0.25) is 0 Å². The van der Waals surface area contributed by atoms with Gasteiger partial charge in [-0.25, -0.2) is 9.97 Å². The first kappa shape index (κ1) is 10.6. The summed E-state index contributed by atoms with van der Waals surface area (Å²) in [5.74, 6) is 1.76. The van der Waals surface area contributed by atoms with Gasteiger partial charge in [0, 0.05) is 12.7 Å². The first-order chi connectivity index (χ1) is 7.36. The number of nitrogens with zero attached hydrogens (tertiary/aromatic N) is 2. The third-order valence-electron chi connectivity index (χ3n) is 3.39. The molecule has 1 aliphatic carbocycles. The molecule has 15 heavy (non-hydrogen) atoms. The van der Waals surface area contributed by atoms with Gasteiger partial charge in [-0.2, -0.15) is 0 Å². The van der Waals surface area contributed by atoms with E-state index < -0.39 is 0 Å². The van der Waals surface area contributed by atoms with Crippen LogP contribution in [0.2, 0.25) is 0 Å². The van der Waals surface area contributed by atoms with Gasteiger partial charge < -0.3 is 5.32 Å². The summed E-state index contributed by atoms with van der Waals surface area (Å²) in [7, 11) is 0. The summed E-state index contributed by atoms with van der Waals surface area (Å²) in [4.78, 5) is 8.09. The number of aromatic nitrogens is 2. The van der Waals surface area contributed by atoms with Gasteiger partial charge in [0.05, 0.1) is 5.69 Å². The minimum atomic E-state index is 0.867. The molecule has 0 aliphatic heterocycles. The second-order valence-electron chi connectivity index (χ2n) is 4.50. The molecular weight excluding hydrogens is 186 g/mol. The molecule has 1 heterocycles. The summed E-state index contributed by atoms with van der Waals surface area (Å²) < 4.78 is 0. The van der Waals surface area contributed by atoms with Gasteiger partial charge in [0.1, 0.15) is 6.33 Å².